The smallest absolute Gasteiger partial charge is 0.330 e. The summed E-state index contributed by atoms with van der Waals surface area (Å²) >= 11 is 1.63. The highest BCUT2D eigenvalue weighted by Gasteiger charge is 2.12. The summed E-state index contributed by atoms with van der Waals surface area (Å²) in [6.45, 7) is 1.90. The van der Waals surface area contributed by atoms with Crippen LogP contribution in [0.5, 0.6) is 0 Å². The van der Waals surface area contributed by atoms with Gasteiger partial charge in [-0.1, -0.05) is 6.07 Å². The van der Waals surface area contributed by atoms with Gasteiger partial charge in [0, 0.05) is 23.4 Å². The molecule has 0 aliphatic rings. The van der Waals surface area contributed by atoms with Gasteiger partial charge in [0.05, 0.1) is 0 Å². The molecule has 0 aliphatic heterocycles. The lowest BCUT2D eigenvalue weighted by atomic mass is 10.2. The summed E-state index contributed by atoms with van der Waals surface area (Å²) < 4.78 is 1.40. The van der Waals surface area contributed by atoms with Crippen molar-refractivity contribution in [3.05, 3.63) is 49.3 Å². The van der Waals surface area contributed by atoms with E-state index in [1.807, 2.05) is 24.4 Å². The van der Waals surface area contributed by atoms with Crippen LogP contribution in [0.15, 0.2) is 33.2 Å². The topological polar surface area (TPSA) is 80.9 Å². The number of aromatic amines is 1. The molecule has 1 atom stereocenters. The summed E-state index contributed by atoms with van der Waals surface area (Å²) in [7, 11) is 0. The molecular weight excluding hydrogens is 238 g/mol. The highest BCUT2D eigenvalue weighted by Crippen LogP contribution is 2.18. The van der Waals surface area contributed by atoms with Crippen molar-refractivity contribution < 1.29 is 0 Å². The summed E-state index contributed by atoms with van der Waals surface area (Å²) in [6, 6.07) is 5.12. The van der Waals surface area contributed by atoms with E-state index in [4.69, 9.17) is 5.73 Å². The Morgan fingerprint density at radius 2 is 2.29 bits per heavy atom. The van der Waals surface area contributed by atoms with Crippen LogP contribution in [0, 0.1) is 0 Å². The zero-order valence-corrected chi connectivity index (χ0v) is 10.2. The Morgan fingerprint density at radius 3 is 2.88 bits per heavy atom. The van der Waals surface area contributed by atoms with E-state index in [0.29, 0.717) is 6.42 Å². The molecule has 2 heterocycles. The molecule has 2 aromatic rings. The highest BCUT2D eigenvalue weighted by atomic mass is 32.1. The van der Waals surface area contributed by atoms with Gasteiger partial charge in [0.1, 0.15) is 5.82 Å². The van der Waals surface area contributed by atoms with Crippen LogP contribution in [-0.4, -0.2) is 9.55 Å². The standard InChI is InChI=1S/C11H13N3O2S/c1-7(5-8-3-2-4-17-8)14-9(12)6-10(15)13-11(14)16/h2-4,6-7H,5,12H2,1H3,(H,13,15,16). The molecule has 0 aromatic carbocycles. The van der Waals surface area contributed by atoms with Crippen LogP contribution < -0.4 is 17.0 Å². The molecule has 6 heteroatoms. The van der Waals surface area contributed by atoms with Crippen molar-refractivity contribution in [1.82, 2.24) is 9.55 Å². The van der Waals surface area contributed by atoms with E-state index >= 15 is 0 Å². The normalized spacial score (nSPS) is 12.5. The van der Waals surface area contributed by atoms with Crippen molar-refractivity contribution in [1.29, 1.82) is 0 Å². The second-order valence-corrected chi connectivity index (χ2v) is 4.90. The number of nitrogens with zero attached hydrogens (tertiary/aromatic N) is 1. The molecule has 90 valence electrons. The van der Waals surface area contributed by atoms with Crippen molar-refractivity contribution in [2.75, 3.05) is 5.73 Å². The molecule has 0 radical (unpaired) electrons. The van der Waals surface area contributed by atoms with E-state index in [2.05, 4.69) is 4.98 Å². The van der Waals surface area contributed by atoms with Gasteiger partial charge in [-0.3, -0.25) is 14.3 Å². The van der Waals surface area contributed by atoms with Crippen LogP contribution in [0.3, 0.4) is 0 Å². The maximum absolute atomic E-state index is 11.7. The molecule has 0 saturated heterocycles. The minimum Gasteiger partial charge on any atom is -0.385 e. The lowest BCUT2D eigenvalue weighted by Crippen LogP contribution is -2.33. The fourth-order valence-electron chi connectivity index (χ4n) is 1.79. The average molecular weight is 251 g/mol. The second kappa shape index (κ2) is 4.58. The van der Waals surface area contributed by atoms with Crippen LogP contribution in [0.4, 0.5) is 5.82 Å². The monoisotopic (exact) mass is 251 g/mol. The third kappa shape index (κ3) is 2.47. The molecule has 0 bridgehead atoms. The molecule has 0 saturated carbocycles. The number of nitrogen functional groups attached to an aromatic ring is 1. The molecular formula is C11H13N3O2S. The lowest BCUT2D eigenvalue weighted by Gasteiger charge is -2.15. The maximum atomic E-state index is 11.7. The third-order valence-corrected chi connectivity index (χ3v) is 3.42. The minimum atomic E-state index is -0.466. The quantitative estimate of drug-likeness (QED) is 0.853. The Kier molecular flexibility index (Phi) is 3.14. The first-order valence-corrected chi connectivity index (χ1v) is 6.09. The van der Waals surface area contributed by atoms with Crippen molar-refractivity contribution >= 4 is 17.2 Å². The van der Waals surface area contributed by atoms with Gasteiger partial charge in [0.2, 0.25) is 0 Å². The number of rotatable bonds is 3. The first-order chi connectivity index (χ1) is 8.08. The van der Waals surface area contributed by atoms with Gasteiger partial charge < -0.3 is 5.73 Å². The van der Waals surface area contributed by atoms with E-state index in [9.17, 15) is 9.59 Å². The van der Waals surface area contributed by atoms with Gasteiger partial charge in [0.25, 0.3) is 5.56 Å². The highest BCUT2D eigenvalue weighted by molar-refractivity contribution is 7.09. The number of nitrogens with one attached hydrogen (secondary N) is 1. The maximum Gasteiger partial charge on any atom is 0.330 e. The predicted molar refractivity (Wildman–Crippen MR) is 68.5 cm³/mol. The molecule has 0 spiro atoms. The van der Waals surface area contributed by atoms with Crippen molar-refractivity contribution in [3.8, 4) is 0 Å². The summed E-state index contributed by atoms with van der Waals surface area (Å²) in [5.41, 5.74) is 4.77. The number of thiophene rings is 1. The zero-order chi connectivity index (χ0) is 12.4. The molecule has 0 aliphatic carbocycles. The van der Waals surface area contributed by atoms with Crippen LogP contribution in [-0.2, 0) is 6.42 Å². The van der Waals surface area contributed by atoms with E-state index < -0.39 is 11.2 Å². The molecule has 2 rings (SSSR count). The fourth-order valence-corrected chi connectivity index (χ4v) is 2.62. The molecule has 2 aromatic heterocycles. The van der Waals surface area contributed by atoms with Crippen LogP contribution in [0.2, 0.25) is 0 Å². The first-order valence-electron chi connectivity index (χ1n) is 5.21. The fraction of sp³-hybridized carbons (Fsp3) is 0.273. The van der Waals surface area contributed by atoms with E-state index in [0.717, 1.165) is 0 Å². The lowest BCUT2D eigenvalue weighted by molar-refractivity contribution is 0.525. The summed E-state index contributed by atoms with van der Waals surface area (Å²) in [5.74, 6) is 0.197. The number of aromatic nitrogens is 2. The van der Waals surface area contributed by atoms with E-state index in [-0.39, 0.29) is 11.9 Å². The van der Waals surface area contributed by atoms with Crippen molar-refractivity contribution in [2.24, 2.45) is 0 Å². The van der Waals surface area contributed by atoms with Crippen LogP contribution >= 0.6 is 11.3 Å². The summed E-state index contributed by atoms with van der Waals surface area (Å²) in [6.07, 6.45) is 0.716. The van der Waals surface area contributed by atoms with Crippen molar-refractivity contribution in [2.45, 2.75) is 19.4 Å². The van der Waals surface area contributed by atoms with Crippen molar-refractivity contribution in [3.63, 3.8) is 0 Å². The Labute approximate surface area is 102 Å². The Hall–Kier alpha value is -1.82. The number of H-pyrrole nitrogens is 1. The molecule has 1 unspecified atom stereocenters. The van der Waals surface area contributed by atoms with Gasteiger partial charge >= 0.3 is 5.69 Å². The SMILES string of the molecule is CC(Cc1cccs1)n1c(N)cc(=O)[nH]c1=O. The average Bonchev–Trinajstić information content (AvgIpc) is 2.68. The molecule has 5 nitrogen and oxygen atoms in total. The van der Waals surface area contributed by atoms with Gasteiger partial charge in [-0.15, -0.1) is 11.3 Å². The van der Waals surface area contributed by atoms with E-state index in [1.165, 1.54) is 15.5 Å². The van der Waals surface area contributed by atoms with E-state index in [1.54, 1.807) is 11.3 Å². The van der Waals surface area contributed by atoms with Gasteiger partial charge in [0.15, 0.2) is 0 Å². The molecule has 0 amide bonds. The Balaban J connectivity index is 2.34. The van der Waals surface area contributed by atoms with Gasteiger partial charge in [-0.05, 0) is 18.4 Å². The Bertz CT molecular complexity index is 612. The number of nitrogens with two attached hydrogens (primary N) is 1. The van der Waals surface area contributed by atoms with Gasteiger partial charge in [-0.2, -0.15) is 0 Å². The van der Waals surface area contributed by atoms with Crippen LogP contribution in [0.1, 0.15) is 17.8 Å². The number of hydrogen-bond donors (Lipinski definition) is 2. The Morgan fingerprint density at radius 1 is 1.53 bits per heavy atom. The third-order valence-electron chi connectivity index (χ3n) is 2.52. The van der Waals surface area contributed by atoms with Crippen LogP contribution in [0.25, 0.3) is 0 Å². The largest absolute Gasteiger partial charge is 0.385 e. The predicted octanol–water partition coefficient (Wildman–Crippen LogP) is 0.984. The molecule has 17 heavy (non-hydrogen) atoms. The summed E-state index contributed by atoms with van der Waals surface area (Å²) in [5, 5.41) is 1.99. The molecule has 3 N–H and O–H groups in total. The first kappa shape index (κ1) is 11.7. The summed E-state index contributed by atoms with van der Waals surface area (Å²) in [4.78, 5) is 26.1. The molecule has 0 fully saturated rings. The number of hydrogen-bond acceptors (Lipinski definition) is 4. The number of anilines is 1. The van der Waals surface area contributed by atoms with Gasteiger partial charge in [-0.25, -0.2) is 4.79 Å². The zero-order valence-electron chi connectivity index (χ0n) is 9.34. The minimum absolute atomic E-state index is 0.0852. The second-order valence-electron chi connectivity index (χ2n) is 3.87.